The van der Waals surface area contributed by atoms with Crippen molar-refractivity contribution in [1.82, 2.24) is 19.6 Å². The predicted octanol–water partition coefficient (Wildman–Crippen LogP) is 3.53. The smallest absolute Gasteiger partial charge is 0.222 e. The maximum absolute atomic E-state index is 12.7. The number of carbonyl (C=O) groups is 1. The van der Waals surface area contributed by atoms with E-state index < -0.39 is 0 Å². The van der Waals surface area contributed by atoms with Crippen molar-refractivity contribution in [2.75, 3.05) is 26.2 Å². The molecule has 0 N–H and O–H groups in total. The van der Waals surface area contributed by atoms with Gasteiger partial charge in [-0.05, 0) is 44.4 Å². The third-order valence-corrected chi connectivity index (χ3v) is 6.16. The van der Waals surface area contributed by atoms with Crippen LogP contribution in [0.15, 0.2) is 24.3 Å². The van der Waals surface area contributed by atoms with Gasteiger partial charge in [-0.3, -0.25) is 14.4 Å². The second-order valence-corrected chi connectivity index (χ2v) is 7.79. The molecule has 0 spiro atoms. The van der Waals surface area contributed by atoms with Crippen LogP contribution in [0, 0.1) is 13.8 Å². The molecule has 146 valence electrons. The molecular weight excluding hydrogens is 360 g/mol. The van der Waals surface area contributed by atoms with Gasteiger partial charge in [0.1, 0.15) is 0 Å². The minimum Gasteiger partial charge on any atom is -0.340 e. The third-order valence-electron chi connectivity index (χ3n) is 5.82. The Hall–Kier alpha value is -1.85. The highest BCUT2D eigenvalue weighted by atomic mass is 35.5. The van der Waals surface area contributed by atoms with Crippen LogP contribution in [0.25, 0.3) is 0 Å². The highest BCUT2D eigenvalue weighted by Crippen LogP contribution is 2.28. The number of piperazine rings is 1. The van der Waals surface area contributed by atoms with E-state index in [1.54, 1.807) is 0 Å². The van der Waals surface area contributed by atoms with Crippen molar-refractivity contribution < 1.29 is 4.79 Å². The molecule has 1 aliphatic heterocycles. The number of nitrogens with zero attached hydrogens (tertiary/aromatic N) is 4. The molecule has 2 aromatic rings. The normalized spacial score (nSPS) is 16.6. The van der Waals surface area contributed by atoms with E-state index >= 15 is 0 Å². The lowest BCUT2D eigenvalue weighted by Crippen LogP contribution is -2.49. The highest BCUT2D eigenvalue weighted by molar-refractivity contribution is 6.31. The topological polar surface area (TPSA) is 41.4 Å². The van der Waals surface area contributed by atoms with Gasteiger partial charge in [0.2, 0.25) is 5.91 Å². The van der Waals surface area contributed by atoms with Crippen molar-refractivity contribution >= 4 is 17.5 Å². The fourth-order valence-electron chi connectivity index (χ4n) is 3.94. The van der Waals surface area contributed by atoms with Gasteiger partial charge in [-0.15, -0.1) is 0 Å². The summed E-state index contributed by atoms with van der Waals surface area (Å²) in [6.45, 7) is 9.58. The van der Waals surface area contributed by atoms with Crippen LogP contribution < -0.4 is 0 Å². The first-order valence-corrected chi connectivity index (χ1v) is 10.0. The number of aryl methyl sites for hydroxylation is 2. The molecule has 1 atom stereocenters. The number of rotatable bonds is 5. The lowest BCUT2D eigenvalue weighted by molar-refractivity contribution is -0.133. The van der Waals surface area contributed by atoms with Crippen LogP contribution in [-0.2, 0) is 18.3 Å². The van der Waals surface area contributed by atoms with Crippen LogP contribution in [-0.4, -0.2) is 51.7 Å². The monoisotopic (exact) mass is 388 g/mol. The van der Waals surface area contributed by atoms with Crippen LogP contribution >= 0.6 is 11.6 Å². The lowest BCUT2D eigenvalue weighted by Gasteiger charge is -2.38. The van der Waals surface area contributed by atoms with E-state index in [4.69, 9.17) is 11.6 Å². The van der Waals surface area contributed by atoms with Crippen LogP contribution in [0.3, 0.4) is 0 Å². The van der Waals surface area contributed by atoms with Crippen molar-refractivity contribution in [1.29, 1.82) is 0 Å². The Morgan fingerprint density at radius 2 is 1.85 bits per heavy atom. The van der Waals surface area contributed by atoms with Gasteiger partial charge >= 0.3 is 0 Å². The van der Waals surface area contributed by atoms with E-state index in [0.717, 1.165) is 54.6 Å². The summed E-state index contributed by atoms with van der Waals surface area (Å²) in [4.78, 5) is 17.1. The van der Waals surface area contributed by atoms with Crippen molar-refractivity contribution in [2.24, 2.45) is 7.05 Å². The summed E-state index contributed by atoms with van der Waals surface area (Å²) in [6.07, 6.45) is 1.31. The number of hydrogen-bond donors (Lipinski definition) is 0. The summed E-state index contributed by atoms with van der Waals surface area (Å²) in [5.74, 6) is 0.239. The minimum atomic E-state index is 0.239. The molecule has 1 saturated heterocycles. The number of carbonyl (C=O) groups excluding carboxylic acids is 1. The maximum Gasteiger partial charge on any atom is 0.222 e. The van der Waals surface area contributed by atoms with Crippen molar-refractivity contribution in [3.8, 4) is 0 Å². The number of benzene rings is 1. The van der Waals surface area contributed by atoms with Crippen LogP contribution in [0.1, 0.15) is 41.9 Å². The maximum atomic E-state index is 12.7. The van der Waals surface area contributed by atoms with E-state index in [-0.39, 0.29) is 11.9 Å². The van der Waals surface area contributed by atoms with Gasteiger partial charge in [-0.2, -0.15) is 5.10 Å². The Balaban J connectivity index is 1.53. The van der Waals surface area contributed by atoms with Crippen molar-refractivity contribution in [3.05, 3.63) is 51.8 Å². The SMILES string of the molecule is Cc1nn(C)c(C)c1CCC(=O)N1CCN(C(C)c2ccccc2Cl)CC1. The van der Waals surface area contributed by atoms with Gasteiger partial charge in [0.05, 0.1) is 5.69 Å². The zero-order valence-electron chi connectivity index (χ0n) is 16.7. The predicted molar refractivity (Wildman–Crippen MR) is 109 cm³/mol. The molecule has 1 unspecified atom stereocenters. The molecule has 0 aliphatic carbocycles. The number of hydrogen-bond acceptors (Lipinski definition) is 3. The summed E-state index contributed by atoms with van der Waals surface area (Å²) in [7, 11) is 1.95. The number of aromatic nitrogens is 2. The quantitative estimate of drug-likeness (QED) is 0.786. The van der Waals surface area contributed by atoms with Gasteiger partial charge in [0.25, 0.3) is 0 Å². The molecule has 1 aromatic carbocycles. The Morgan fingerprint density at radius 1 is 1.19 bits per heavy atom. The van der Waals surface area contributed by atoms with Gasteiger partial charge in [-0.25, -0.2) is 0 Å². The summed E-state index contributed by atoms with van der Waals surface area (Å²) in [6, 6.07) is 8.27. The van der Waals surface area contributed by atoms with E-state index in [2.05, 4.69) is 29.9 Å². The first-order chi connectivity index (χ1) is 12.9. The zero-order chi connectivity index (χ0) is 19.6. The molecular formula is C21H29ClN4O. The van der Waals surface area contributed by atoms with Gasteiger partial charge in [0.15, 0.2) is 0 Å². The molecule has 0 radical (unpaired) electrons. The van der Waals surface area contributed by atoms with Gasteiger partial charge in [-0.1, -0.05) is 29.8 Å². The van der Waals surface area contributed by atoms with Gasteiger partial charge < -0.3 is 4.90 Å². The highest BCUT2D eigenvalue weighted by Gasteiger charge is 2.25. The summed E-state index contributed by atoms with van der Waals surface area (Å²) < 4.78 is 1.89. The average Bonchev–Trinajstić information content (AvgIpc) is 2.91. The van der Waals surface area contributed by atoms with E-state index in [1.165, 1.54) is 5.56 Å². The van der Waals surface area contributed by atoms with Crippen LogP contribution in [0.5, 0.6) is 0 Å². The first kappa shape index (κ1) is 19.9. The summed E-state index contributed by atoms with van der Waals surface area (Å²) in [5, 5.41) is 5.25. The molecule has 2 heterocycles. The third kappa shape index (κ3) is 4.36. The van der Waals surface area contributed by atoms with E-state index in [0.29, 0.717) is 6.42 Å². The zero-order valence-corrected chi connectivity index (χ0v) is 17.5. The Bertz CT molecular complexity index is 809. The molecule has 1 fully saturated rings. The molecule has 6 heteroatoms. The van der Waals surface area contributed by atoms with Crippen LogP contribution in [0.4, 0.5) is 0 Å². The number of halogens is 1. The Labute approximate surface area is 166 Å². The molecule has 3 rings (SSSR count). The van der Waals surface area contributed by atoms with Gasteiger partial charge in [0, 0.05) is 56.4 Å². The molecule has 1 aromatic heterocycles. The minimum absolute atomic E-state index is 0.239. The van der Waals surface area contributed by atoms with E-state index in [1.807, 2.05) is 41.8 Å². The first-order valence-electron chi connectivity index (χ1n) is 9.63. The fourth-order valence-corrected chi connectivity index (χ4v) is 4.23. The summed E-state index contributed by atoms with van der Waals surface area (Å²) in [5.41, 5.74) is 4.54. The molecule has 5 nitrogen and oxygen atoms in total. The average molecular weight is 389 g/mol. The molecule has 1 aliphatic rings. The second kappa shape index (κ2) is 8.44. The number of amides is 1. The van der Waals surface area contributed by atoms with Crippen molar-refractivity contribution in [3.63, 3.8) is 0 Å². The van der Waals surface area contributed by atoms with E-state index in [9.17, 15) is 4.79 Å². The largest absolute Gasteiger partial charge is 0.340 e. The molecule has 1 amide bonds. The lowest BCUT2D eigenvalue weighted by atomic mass is 10.1. The fraction of sp³-hybridized carbons (Fsp3) is 0.524. The molecule has 0 bridgehead atoms. The Morgan fingerprint density at radius 3 is 2.44 bits per heavy atom. The molecule has 0 saturated carbocycles. The Kier molecular flexibility index (Phi) is 6.22. The van der Waals surface area contributed by atoms with Crippen molar-refractivity contribution in [2.45, 2.75) is 39.7 Å². The second-order valence-electron chi connectivity index (χ2n) is 7.39. The standard InChI is InChI=1S/C21H29ClN4O/c1-15-18(16(2)24(4)23-15)9-10-21(27)26-13-11-25(12-14-26)17(3)19-7-5-6-8-20(19)22/h5-8,17H,9-14H2,1-4H3. The summed E-state index contributed by atoms with van der Waals surface area (Å²) >= 11 is 6.35. The van der Waals surface area contributed by atoms with Crippen LogP contribution in [0.2, 0.25) is 5.02 Å². The molecule has 27 heavy (non-hydrogen) atoms.